The number of aromatic amines is 1. The first-order valence-corrected chi connectivity index (χ1v) is 11.9. The largest absolute Gasteiger partial charge is 0.345 e. The Morgan fingerprint density at radius 3 is 2.56 bits per heavy atom. The quantitative estimate of drug-likeness (QED) is 0.552. The van der Waals surface area contributed by atoms with Gasteiger partial charge in [-0.25, -0.2) is 0 Å². The number of nitrogens with zero attached hydrogens (tertiary/aromatic N) is 3. The van der Waals surface area contributed by atoms with Crippen LogP contribution in [-0.2, 0) is 5.75 Å². The number of carbonyl (C=O) groups is 2. The van der Waals surface area contributed by atoms with Gasteiger partial charge >= 0.3 is 0 Å². The molecule has 1 atom stereocenters. The standard InChI is InChI=1S/C25H28N4O2S/c1-28(2)25(31)21-16-26-27-23(21)22-10-6-7-15-29(22)24(30)19-11-13-20(14-12-19)32-17-18-8-4-3-5-9-18/h3-5,8-9,11-14,16,22H,6-7,10,15,17H2,1-2H3,(H,26,27). The molecule has 4 rings (SSSR count). The Hall–Kier alpha value is -3.06. The van der Waals surface area contributed by atoms with Crippen molar-refractivity contribution in [3.63, 3.8) is 0 Å². The summed E-state index contributed by atoms with van der Waals surface area (Å²) in [5.74, 6) is 0.781. The monoisotopic (exact) mass is 448 g/mol. The van der Waals surface area contributed by atoms with Crippen LogP contribution in [0.5, 0.6) is 0 Å². The minimum atomic E-state index is -0.176. The first-order valence-electron chi connectivity index (χ1n) is 10.9. The van der Waals surface area contributed by atoms with Gasteiger partial charge in [0.05, 0.1) is 23.5 Å². The molecule has 1 saturated heterocycles. The highest BCUT2D eigenvalue weighted by Gasteiger charge is 2.33. The highest BCUT2D eigenvalue weighted by molar-refractivity contribution is 7.98. The molecule has 1 unspecified atom stereocenters. The molecule has 7 heteroatoms. The van der Waals surface area contributed by atoms with Gasteiger partial charge in [-0.2, -0.15) is 5.10 Å². The lowest BCUT2D eigenvalue weighted by atomic mass is 9.95. The summed E-state index contributed by atoms with van der Waals surface area (Å²) in [6.07, 6.45) is 4.34. The number of H-pyrrole nitrogens is 1. The van der Waals surface area contributed by atoms with E-state index in [-0.39, 0.29) is 17.9 Å². The number of nitrogens with one attached hydrogen (secondary N) is 1. The molecule has 32 heavy (non-hydrogen) atoms. The molecule has 166 valence electrons. The van der Waals surface area contributed by atoms with E-state index < -0.39 is 0 Å². The van der Waals surface area contributed by atoms with Crippen molar-refractivity contribution >= 4 is 23.6 Å². The third-order valence-electron chi connectivity index (χ3n) is 5.75. The fourth-order valence-corrected chi connectivity index (χ4v) is 4.89. The maximum absolute atomic E-state index is 13.4. The number of likely N-dealkylation sites (tertiary alicyclic amines) is 1. The van der Waals surface area contributed by atoms with E-state index in [0.29, 0.717) is 17.7 Å². The Labute approximate surface area is 193 Å². The summed E-state index contributed by atoms with van der Waals surface area (Å²) in [6.45, 7) is 0.669. The molecule has 1 fully saturated rings. The number of thioether (sulfide) groups is 1. The molecule has 3 aromatic rings. The van der Waals surface area contributed by atoms with Crippen molar-refractivity contribution in [3.05, 3.63) is 83.2 Å². The van der Waals surface area contributed by atoms with Gasteiger partial charge in [0.2, 0.25) is 0 Å². The molecule has 1 aliphatic heterocycles. The second-order valence-corrected chi connectivity index (χ2v) is 9.25. The van der Waals surface area contributed by atoms with Gasteiger partial charge in [0, 0.05) is 36.9 Å². The van der Waals surface area contributed by atoms with Crippen molar-refractivity contribution in [1.29, 1.82) is 0 Å². The van der Waals surface area contributed by atoms with Crippen LogP contribution in [0.4, 0.5) is 0 Å². The average molecular weight is 449 g/mol. The predicted octanol–water partition coefficient (Wildman–Crippen LogP) is 4.77. The molecule has 1 aromatic heterocycles. The Morgan fingerprint density at radius 1 is 1.09 bits per heavy atom. The Balaban J connectivity index is 1.49. The molecule has 0 radical (unpaired) electrons. The third-order valence-corrected chi connectivity index (χ3v) is 6.84. The van der Waals surface area contributed by atoms with Crippen LogP contribution in [-0.4, -0.2) is 52.5 Å². The van der Waals surface area contributed by atoms with Crippen molar-refractivity contribution < 1.29 is 9.59 Å². The van der Waals surface area contributed by atoms with Gasteiger partial charge in [-0.15, -0.1) is 11.8 Å². The van der Waals surface area contributed by atoms with Crippen LogP contribution in [0.2, 0.25) is 0 Å². The number of piperidine rings is 1. The summed E-state index contributed by atoms with van der Waals surface area (Å²) in [7, 11) is 3.44. The van der Waals surface area contributed by atoms with E-state index in [2.05, 4.69) is 22.3 Å². The molecule has 2 amide bonds. The van der Waals surface area contributed by atoms with Crippen LogP contribution < -0.4 is 0 Å². The fraction of sp³-hybridized carbons (Fsp3) is 0.320. The minimum Gasteiger partial charge on any atom is -0.345 e. The van der Waals surface area contributed by atoms with Crippen LogP contribution in [0.25, 0.3) is 0 Å². The number of hydrogen-bond donors (Lipinski definition) is 1. The topological polar surface area (TPSA) is 69.3 Å². The van der Waals surface area contributed by atoms with Crippen LogP contribution >= 0.6 is 11.8 Å². The summed E-state index contributed by atoms with van der Waals surface area (Å²) in [5.41, 5.74) is 3.21. The van der Waals surface area contributed by atoms with Crippen molar-refractivity contribution in [2.24, 2.45) is 0 Å². The first-order chi connectivity index (χ1) is 15.5. The zero-order valence-electron chi connectivity index (χ0n) is 18.5. The van der Waals surface area contributed by atoms with Crippen LogP contribution in [0.1, 0.15) is 57.3 Å². The molecular weight excluding hydrogens is 420 g/mol. The number of hydrogen-bond acceptors (Lipinski definition) is 4. The molecule has 1 aliphatic rings. The molecule has 0 spiro atoms. The molecule has 1 N–H and O–H groups in total. The van der Waals surface area contributed by atoms with E-state index in [4.69, 9.17) is 0 Å². The van der Waals surface area contributed by atoms with E-state index >= 15 is 0 Å². The van der Waals surface area contributed by atoms with E-state index in [1.54, 1.807) is 32.1 Å². The lowest BCUT2D eigenvalue weighted by Crippen LogP contribution is -2.39. The normalized spacial score (nSPS) is 16.1. The maximum atomic E-state index is 13.4. The van der Waals surface area contributed by atoms with Gasteiger partial charge in [0.15, 0.2) is 0 Å². The zero-order chi connectivity index (χ0) is 22.5. The molecule has 6 nitrogen and oxygen atoms in total. The Morgan fingerprint density at radius 2 is 1.84 bits per heavy atom. The third kappa shape index (κ3) is 4.88. The average Bonchev–Trinajstić information content (AvgIpc) is 3.32. The number of aromatic nitrogens is 2. The van der Waals surface area contributed by atoms with Crippen LogP contribution in [0.3, 0.4) is 0 Å². The number of rotatable bonds is 6. The molecule has 0 saturated carbocycles. The predicted molar refractivity (Wildman–Crippen MR) is 127 cm³/mol. The van der Waals surface area contributed by atoms with Gasteiger partial charge in [-0.3, -0.25) is 14.7 Å². The zero-order valence-corrected chi connectivity index (χ0v) is 19.3. The number of amides is 2. The highest BCUT2D eigenvalue weighted by atomic mass is 32.2. The fourth-order valence-electron chi connectivity index (χ4n) is 4.04. The molecule has 2 heterocycles. The van der Waals surface area contributed by atoms with Gasteiger partial charge in [0.1, 0.15) is 0 Å². The second kappa shape index (κ2) is 10.0. The summed E-state index contributed by atoms with van der Waals surface area (Å²) in [5, 5.41) is 7.11. The number of benzene rings is 2. The van der Waals surface area contributed by atoms with Gasteiger partial charge in [-0.1, -0.05) is 30.3 Å². The molecule has 0 aliphatic carbocycles. The van der Waals surface area contributed by atoms with E-state index in [0.717, 1.165) is 35.6 Å². The highest BCUT2D eigenvalue weighted by Crippen LogP contribution is 2.33. The Bertz CT molecular complexity index is 1060. The summed E-state index contributed by atoms with van der Waals surface area (Å²) < 4.78 is 0. The summed E-state index contributed by atoms with van der Waals surface area (Å²) in [4.78, 5) is 30.5. The smallest absolute Gasteiger partial charge is 0.256 e. The van der Waals surface area contributed by atoms with Crippen molar-refractivity contribution in [3.8, 4) is 0 Å². The van der Waals surface area contributed by atoms with Crippen molar-refractivity contribution in [2.45, 2.75) is 36.0 Å². The van der Waals surface area contributed by atoms with Crippen LogP contribution in [0.15, 0.2) is 65.7 Å². The van der Waals surface area contributed by atoms with Crippen LogP contribution in [0, 0.1) is 0 Å². The minimum absolute atomic E-state index is 0.00726. The van der Waals surface area contributed by atoms with E-state index in [1.165, 1.54) is 10.5 Å². The summed E-state index contributed by atoms with van der Waals surface area (Å²) >= 11 is 1.76. The maximum Gasteiger partial charge on any atom is 0.256 e. The van der Waals surface area contributed by atoms with Gasteiger partial charge < -0.3 is 9.80 Å². The summed E-state index contributed by atoms with van der Waals surface area (Å²) in [6, 6.07) is 18.0. The molecular formula is C25H28N4O2S. The molecule has 0 bridgehead atoms. The molecule has 2 aromatic carbocycles. The lowest BCUT2D eigenvalue weighted by molar-refractivity contribution is 0.0600. The lowest BCUT2D eigenvalue weighted by Gasteiger charge is -2.35. The van der Waals surface area contributed by atoms with Crippen molar-refractivity contribution in [2.75, 3.05) is 20.6 Å². The van der Waals surface area contributed by atoms with Gasteiger partial charge in [0.25, 0.3) is 11.8 Å². The first kappa shape index (κ1) is 22.1. The van der Waals surface area contributed by atoms with E-state index in [1.807, 2.05) is 47.4 Å². The van der Waals surface area contributed by atoms with Crippen molar-refractivity contribution in [1.82, 2.24) is 20.0 Å². The SMILES string of the molecule is CN(C)C(=O)c1cn[nH]c1C1CCCCN1C(=O)c1ccc(SCc2ccccc2)cc1. The van der Waals surface area contributed by atoms with Gasteiger partial charge in [-0.05, 0) is 49.1 Å². The second-order valence-electron chi connectivity index (χ2n) is 8.21. The van der Waals surface area contributed by atoms with E-state index in [9.17, 15) is 9.59 Å². The Kier molecular flexibility index (Phi) is 6.95. The number of carbonyl (C=O) groups excluding carboxylic acids is 2.